The number of carbonyl (C=O) groups excluding carboxylic acids is 1. The molecule has 0 spiro atoms. The summed E-state index contributed by atoms with van der Waals surface area (Å²) in [5.74, 6) is 1.77. The van der Waals surface area contributed by atoms with Crippen LogP contribution in [0.4, 0.5) is 0 Å². The van der Waals surface area contributed by atoms with Gasteiger partial charge in [-0.25, -0.2) is 8.42 Å². The van der Waals surface area contributed by atoms with Crippen molar-refractivity contribution in [1.29, 1.82) is 0 Å². The number of nitrogens with one attached hydrogen (secondary N) is 1. The summed E-state index contributed by atoms with van der Waals surface area (Å²) in [4.78, 5) is 11.8. The highest BCUT2D eigenvalue weighted by Gasteiger charge is 2.28. The third-order valence-electron chi connectivity index (χ3n) is 4.02. The molecule has 1 aliphatic heterocycles. The molecule has 1 heterocycles. The maximum Gasteiger partial charge on any atom is 0.230 e. The van der Waals surface area contributed by atoms with Crippen LogP contribution in [0, 0.1) is 5.92 Å². The minimum Gasteiger partial charge on any atom is -0.353 e. The molecule has 19 heavy (non-hydrogen) atoms. The Bertz CT molecular complexity index is 414. The van der Waals surface area contributed by atoms with Gasteiger partial charge in [-0.1, -0.05) is 6.92 Å². The van der Waals surface area contributed by atoms with E-state index in [9.17, 15) is 13.2 Å². The summed E-state index contributed by atoms with van der Waals surface area (Å²) < 4.78 is 22.6. The van der Waals surface area contributed by atoms with Crippen molar-refractivity contribution in [3.8, 4) is 0 Å². The lowest BCUT2D eigenvalue weighted by molar-refractivity contribution is -0.119. The summed E-state index contributed by atoms with van der Waals surface area (Å²) in [6.45, 7) is 2.26. The van der Waals surface area contributed by atoms with Gasteiger partial charge in [-0.15, -0.1) is 11.8 Å². The molecule has 0 aromatic rings. The second kappa shape index (κ2) is 6.48. The zero-order chi connectivity index (χ0) is 13.9. The summed E-state index contributed by atoms with van der Waals surface area (Å²) >= 11 is 1.49. The SMILES string of the molecule is CC1CCC(NC(=O)CSC2CCS(=O)(=O)C2)CC1. The monoisotopic (exact) mass is 305 g/mol. The third-order valence-corrected chi connectivity index (χ3v) is 7.30. The topological polar surface area (TPSA) is 63.2 Å². The maximum absolute atomic E-state index is 11.8. The van der Waals surface area contributed by atoms with Crippen LogP contribution in [0.2, 0.25) is 0 Å². The van der Waals surface area contributed by atoms with E-state index in [0.29, 0.717) is 18.2 Å². The number of rotatable bonds is 4. The van der Waals surface area contributed by atoms with E-state index in [2.05, 4.69) is 12.2 Å². The molecule has 1 N–H and O–H groups in total. The van der Waals surface area contributed by atoms with E-state index in [1.54, 1.807) is 0 Å². The highest BCUT2D eigenvalue weighted by atomic mass is 32.2. The lowest BCUT2D eigenvalue weighted by Crippen LogP contribution is -2.38. The Kier molecular flexibility index (Phi) is 5.17. The second-order valence-electron chi connectivity index (χ2n) is 5.86. The van der Waals surface area contributed by atoms with Crippen molar-refractivity contribution in [2.45, 2.75) is 50.3 Å². The molecule has 1 amide bonds. The van der Waals surface area contributed by atoms with Crippen LogP contribution in [0.25, 0.3) is 0 Å². The van der Waals surface area contributed by atoms with E-state index >= 15 is 0 Å². The Hall–Kier alpha value is -0.230. The van der Waals surface area contributed by atoms with Gasteiger partial charge in [-0.05, 0) is 38.0 Å². The molecular weight excluding hydrogens is 282 g/mol. The lowest BCUT2D eigenvalue weighted by atomic mass is 9.87. The molecule has 0 radical (unpaired) electrons. The highest BCUT2D eigenvalue weighted by Crippen LogP contribution is 2.25. The van der Waals surface area contributed by atoms with E-state index in [1.165, 1.54) is 24.6 Å². The normalized spacial score (nSPS) is 34.1. The van der Waals surface area contributed by atoms with Crippen LogP contribution in [0.15, 0.2) is 0 Å². The van der Waals surface area contributed by atoms with Gasteiger partial charge in [0.2, 0.25) is 5.91 Å². The van der Waals surface area contributed by atoms with E-state index in [4.69, 9.17) is 0 Å². The molecule has 0 aromatic heterocycles. The van der Waals surface area contributed by atoms with Crippen LogP contribution in [0.5, 0.6) is 0 Å². The standard InChI is InChI=1S/C13H23NO3S2/c1-10-2-4-11(5-3-10)14-13(15)8-18-12-6-7-19(16,17)9-12/h10-12H,2-9H2,1H3,(H,14,15). The smallest absolute Gasteiger partial charge is 0.230 e. The molecule has 1 saturated carbocycles. The second-order valence-corrected chi connectivity index (χ2v) is 9.38. The van der Waals surface area contributed by atoms with Gasteiger partial charge in [-0.3, -0.25) is 4.79 Å². The number of sulfone groups is 1. The van der Waals surface area contributed by atoms with E-state index in [0.717, 1.165) is 18.8 Å². The van der Waals surface area contributed by atoms with Gasteiger partial charge in [0, 0.05) is 11.3 Å². The van der Waals surface area contributed by atoms with Gasteiger partial charge in [0.05, 0.1) is 17.3 Å². The fourth-order valence-corrected chi connectivity index (χ4v) is 6.21. The van der Waals surface area contributed by atoms with Crippen molar-refractivity contribution in [2.24, 2.45) is 5.92 Å². The minimum atomic E-state index is -2.83. The first-order valence-electron chi connectivity index (χ1n) is 7.06. The minimum absolute atomic E-state index is 0.0638. The van der Waals surface area contributed by atoms with Gasteiger partial charge in [-0.2, -0.15) is 0 Å². The predicted octanol–water partition coefficient (Wildman–Crippen LogP) is 1.60. The first kappa shape index (κ1) is 15.2. The molecule has 1 atom stereocenters. The molecule has 1 saturated heterocycles. The summed E-state index contributed by atoms with van der Waals surface area (Å²) in [5.41, 5.74) is 0. The molecular formula is C13H23NO3S2. The van der Waals surface area contributed by atoms with Gasteiger partial charge in [0.1, 0.15) is 0 Å². The Balaban J connectivity index is 1.65. The Morgan fingerprint density at radius 3 is 2.47 bits per heavy atom. The molecule has 0 aromatic carbocycles. The van der Waals surface area contributed by atoms with Crippen LogP contribution in [-0.2, 0) is 14.6 Å². The van der Waals surface area contributed by atoms with Crippen LogP contribution >= 0.6 is 11.8 Å². The number of thioether (sulfide) groups is 1. The summed E-state index contributed by atoms with van der Waals surface area (Å²) in [7, 11) is -2.83. The molecule has 2 aliphatic rings. The van der Waals surface area contributed by atoms with Crippen LogP contribution in [-0.4, -0.2) is 42.9 Å². The summed E-state index contributed by atoms with van der Waals surface area (Å²) in [6, 6.07) is 0.330. The average Bonchev–Trinajstić information content (AvgIpc) is 2.69. The van der Waals surface area contributed by atoms with Gasteiger partial charge >= 0.3 is 0 Å². The molecule has 2 fully saturated rings. The third kappa shape index (κ3) is 4.99. The summed E-state index contributed by atoms with van der Waals surface area (Å²) in [6.07, 6.45) is 5.24. The first-order valence-corrected chi connectivity index (χ1v) is 9.93. The highest BCUT2D eigenvalue weighted by molar-refractivity contribution is 8.02. The quantitative estimate of drug-likeness (QED) is 0.857. The Morgan fingerprint density at radius 1 is 1.21 bits per heavy atom. The Morgan fingerprint density at radius 2 is 1.89 bits per heavy atom. The molecule has 4 nitrogen and oxygen atoms in total. The number of amides is 1. The van der Waals surface area contributed by atoms with Crippen molar-refractivity contribution >= 4 is 27.5 Å². The van der Waals surface area contributed by atoms with Crippen LogP contribution in [0.1, 0.15) is 39.0 Å². The zero-order valence-corrected chi connectivity index (χ0v) is 13.1. The maximum atomic E-state index is 11.8. The molecule has 6 heteroatoms. The molecule has 2 rings (SSSR count). The molecule has 110 valence electrons. The van der Waals surface area contributed by atoms with Crippen LogP contribution in [0.3, 0.4) is 0 Å². The van der Waals surface area contributed by atoms with Crippen molar-refractivity contribution in [3.05, 3.63) is 0 Å². The Labute approximate surface area is 120 Å². The van der Waals surface area contributed by atoms with Gasteiger partial charge < -0.3 is 5.32 Å². The van der Waals surface area contributed by atoms with Crippen LogP contribution < -0.4 is 5.32 Å². The van der Waals surface area contributed by atoms with Crippen molar-refractivity contribution in [3.63, 3.8) is 0 Å². The fraction of sp³-hybridized carbons (Fsp3) is 0.923. The average molecular weight is 305 g/mol. The lowest BCUT2D eigenvalue weighted by Gasteiger charge is -2.27. The predicted molar refractivity (Wildman–Crippen MR) is 79.1 cm³/mol. The van der Waals surface area contributed by atoms with E-state index in [1.807, 2.05) is 0 Å². The van der Waals surface area contributed by atoms with Gasteiger partial charge in [0.25, 0.3) is 0 Å². The molecule has 1 unspecified atom stereocenters. The van der Waals surface area contributed by atoms with Crippen molar-refractivity contribution < 1.29 is 13.2 Å². The van der Waals surface area contributed by atoms with E-state index < -0.39 is 9.84 Å². The largest absolute Gasteiger partial charge is 0.353 e. The number of hydrogen-bond donors (Lipinski definition) is 1. The van der Waals surface area contributed by atoms with Gasteiger partial charge in [0.15, 0.2) is 9.84 Å². The zero-order valence-electron chi connectivity index (χ0n) is 11.4. The fourth-order valence-electron chi connectivity index (χ4n) is 2.76. The van der Waals surface area contributed by atoms with Crippen molar-refractivity contribution in [2.75, 3.05) is 17.3 Å². The van der Waals surface area contributed by atoms with E-state index in [-0.39, 0.29) is 22.7 Å². The van der Waals surface area contributed by atoms with Crippen molar-refractivity contribution in [1.82, 2.24) is 5.32 Å². The molecule has 1 aliphatic carbocycles. The number of carbonyl (C=O) groups is 1. The number of hydrogen-bond acceptors (Lipinski definition) is 4. The first-order chi connectivity index (χ1) is 8.94. The molecule has 0 bridgehead atoms. The summed E-state index contributed by atoms with van der Waals surface area (Å²) in [5, 5.41) is 3.19.